The second kappa shape index (κ2) is 5.98. The molecule has 0 rings (SSSR count). The van der Waals surface area contributed by atoms with Gasteiger partial charge in [-0.3, -0.25) is 9.69 Å². The minimum Gasteiger partial charge on any atom is -0.465 e. The highest BCUT2D eigenvalue weighted by Crippen LogP contribution is 1.89. The molecule has 0 fully saturated rings. The van der Waals surface area contributed by atoms with Crippen LogP contribution < -0.4 is 0 Å². The SMILES string of the molecule is CCOC(=O)CN(C)CCS(C)(=O)=O. The predicted molar refractivity (Wildman–Crippen MR) is 53.8 cm³/mol. The Balaban J connectivity index is 3.76. The van der Waals surface area contributed by atoms with Gasteiger partial charge in [0.25, 0.3) is 0 Å². The van der Waals surface area contributed by atoms with Crippen molar-refractivity contribution < 1.29 is 17.9 Å². The fourth-order valence-corrected chi connectivity index (χ4v) is 1.47. The second-order valence-electron chi connectivity index (χ2n) is 3.17. The van der Waals surface area contributed by atoms with Crippen LogP contribution in [0.3, 0.4) is 0 Å². The molecule has 0 radical (unpaired) electrons. The van der Waals surface area contributed by atoms with Crippen molar-refractivity contribution in [2.24, 2.45) is 0 Å². The van der Waals surface area contributed by atoms with E-state index in [9.17, 15) is 13.2 Å². The summed E-state index contributed by atoms with van der Waals surface area (Å²) in [6.07, 6.45) is 1.17. The maximum absolute atomic E-state index is 11.0. The maximum Gasteiger partial charge on any atom is 0.320 e. The van der Waals surface area contributed by atoms with E-state index in [4.69, 9.17) is 4.74 Å². The van der Waals surface area contributed by atoms with Gasteiger partial charge in [-0.15, -0.1) is 0 Å². The van der Waals surface area contributed by atoms with Gasteiger partial charge in [-0.25, -0.2) is 8.42 Å². The molecule has 0 heterocycles. The number of carbonyl (C=O) groups is 1. The number of carbonyl (C=O) groups excluding carboxylic acids is 1. The lowest BCUT2D eigenvalue weighted by Crippen LogP contribution is -2.31. The number of hydrogen-bond acceptors (Lipinski definition) is 5. The fraction of sp³-hybridized carbons (Fsp3) is 0.875. The van der Waals surface area contributed by atoms with E-state index < -0.39 is 9.84 Å². The van der Waals surface area contributed by atoms with Gasteiger partial charge in [0.2, 0.25) is 0 Å². The number of likely N-dealkylation sites (N-methyl/N-ethyl adjacent to an activating group) is 1. The second-order valence-corrected chi connectivity index (χ2v) is 5.43. The molecular formula is C8H17NO4S. The third-order valence-electron chi connectivity index (χ3n) is 1.55. The molecule has 0 aliphatic carbocycles. The molecule has 0 aliphatic heterocycles. The molecule has 6 heteroatoms. The van der Waals surface area contributed by atoms with Crippen molar-refractivity contribution in [2.45, 2.75) is 6.92 Å². The molecule has 0 bridgehead atoms. The Morgan fingerprint density at radius 2 is 2.00 bits per heavy atom. The lowest BCUT2D eigenvalue weighted by molar-refractivity contribution is -0.144. The minimum absolute atomic E-state index is 0.0584. The molecule has 0 atom stereocenters. The highest BCUT2D eigenvalue weighted by Gasteiger charge is 2.09. The Kier molecular flexibility index (Phi) is 5.71. The Hall–Kier alpha value is -0.620. The molecule has 0 aromatic heterocycles. The Bertz CT molecular complexity index is 273. The lowest BCUT2D eigenvalue weighted by Gasteiger charge is -2.14. The van der Waals surface area contributed by atoms with Crippen LogP contribution in [0.4, 0.5) is 0 Å². The third kappa shape index (κ3) is 8.00. The molecule has 0 saturated heterocycles. The van der Waals surface area contributed by atoms with Gasteiger partial charge in [-0.2, -0.15) is 0 Å². The lowest BCUT2D eigenvalue weighted by atomic mass is 10.5. The Morgan fingerprint density at radius 1 is 1.43 bits per heavy atom. The summed E-state index contributed by atoms with van der Waals surface area (Å²) in [7, 11) is -1.28. The summed E-state index contributed by atoms with van der Waals surface area (Å²) in [6.45, 7) is 2.55. The first kappa shape index (κ1) is 13.4. The molecule has 0 unspecified atom stereocenters. The average molecular weight is 223 g/mol. The molecule has 0 aromatic rings. The van der Waals surface area contributed by atoms with Gasteiger partial charge in [0.15, 0.2) is 0 Å². The molecule has 0 aromatic carbocycles. The van der Waals surface area contributed by atoms with Crippen LogP contribution in [0.5, 0.6) is 0 Å². The van der Waals surface area contributed by atoms with Crippen LogP contribution in [0.25, 0.3) is 0 Å². The summed E-state index contributed by atoms with van der Waals surface area (Å²) < 4.78 is 26.3. The van der Waals surface area contributed by atoms with Gasteiger partial charge >= 0.3 is 5.97 Å². The average Bonchev–Trinajstić information content (AvgIpc) is 2.00. The van der Waals surface area contributed by atoms with Crippen molar-refractivity contribution in [3.05, 3.63) is 0 Å². The van der Waals surface area contributed by atoms with E-state index in [1.807, 2.05) is 0 Å². The van der Waals surface area contributed by atoms with Gasteiger partial charge in [-0.1, -0.05) is 0 Å². The summed E-state index contributed by atoms with van der Waals surface area (Å²) >= 11 is 0. The van der Waals surface area contributed by atoms with Gasteiger partial charge in [0.05, 0.1) is 18.9 Å². The van der Waals surface area contributed by atoms with Crippen LogP contribution in [0.15, 0.2) is 0 Å². The number of nitrogens with zero attached hydrogens (tertiary/aromatic N) is 1. The van der Waals surface area contributed by atoms with Crippen molar-refractivity contribution in [3.8, 4) is 0 Å². The summed E-state index contributed by atoms with van der Waals surface area (Å²) in [4.78, 5) is 12.6. The van der Waals surface area contributed by atoms with E-state index in [-0.39, 0.29) is 18.3 Å². The first-order valence-electron chi connectivity index (χ1n) is 4.37. The zero-order chi connectivity index (χ0) is 11.2. The zero-order valence-corrected chi connectivity index (χ0v) is 9.63. The van der Waals surface area contributed by atoms with Crippen LogP contribution in [0.1, 0.15) is 6.92 Å². The largest absolute Gasteiger partial charge is 0.465 e. The zero-order valence-electron chi connectivity index (χ0n) is 8.82. The van der Waals surface area contributed by atoms with E-state index in [0.29, 0.717) is 13.2 Å². The highest BCUT2D eigenvalue weighted by atomic mass is 32.2. The molecule has 0 spiro atoms. The molecular weight excluding hydrogens is 206 g/mol. The smallest absolute Gasteiger partial charge is 0.320 e. The number of sulfone groups is 1. The van der Waals surface area contributed by atoms with Gasteiger partial charge in [-0.05, 0) is 14.0 Å². The van der Waals surface area contributed by atoms with Crippen molar-refractivity contribution in [1.29, 1.82) is 0 Å². The molecule has 14 heavy (non-hydrogen) atoms. The molecule has 84 valence electrons. The van der Waals surface area contributed by atoms with Gasteiger partial charge in [0.1, 0.15) is 9.84 Å². The normalized spacial score (nSPS) is 11.7. The number of rotatable bonds is 6. The van der Waals surface area contributed by atoms with Crippen LogP contribution in [0, 0.1) is 0 Å². The standard InChI is InChI=1S/C8H17NO4S/c1-4-13-8(10)7-9(2)5-6-14(3,11)12/h4-7H2,1-3H3. The minimum atomic E-state index is -2.96. The molecule has 0 aliphatic rings. The van der Waals surface area contributed by atoms with Crippen LogP contribution in [0.2, 0.25) is 0 Å². The third-order valence-corrected chi connectivity index (χ3v) is 2.47. The summed E-state index contributed by atoms with van der Waals surface area (Å²) in [5, 5.41) is 0. The van der Waals surface area contributed by atoms with E-state index in [0.717, 1.165) is 0 Å². The molecule has 0 N–H and O–H groups in total. The maximum atomic E-state index is 11.0. The highest BCUT2D eigenvalue weighted by molar-refractivity contribution is 7.90. The van der Waals surface area contributed by atoms with E-state index in [1.54, 1.807) is 18.9 Å². The molecule has 5 nitrogen and oxygen atoms in total. The first-order valence-corrected chi connectivity index (χ1v) is 6.43. The van der Waals surface area contributed by atoms with Crippen molar-refractivity contribution >= 4 is 15.8 Å². The number of esters is 1. The van der Waals surface area contributed by atoms with Crippen molar-refractivity contribution in [2.75, 3.05) is 38.8 Å². The van der Waals surface area contributed by atoms with E-state index >= 15 is 0 Å². The monoisotopic (exact) mass is 223 g/mol. The topological polar surface area (TPSA) is 63.7 Å². The predicted octanol–water partition coefficient (Wildman–Crippen LogP) is -0.474. The number of hydrogen-bond donors (Lipinski definition) is 0. The van der Waals surface area contributed by atoms with Crippen LogP contribution in [-0.4, -0.2) is 58.0 Å². The first-order chi connectivity index (χ1) is 6.35. The van der Waals surface area contributed by atoms with Crippen LogP contribution >= 0.6 is 0 Å². The van der Waals surface area contributed by atoms with E-state index in [1.165, 1.54) is 6.26 Å². The quantitative estimate of drug-likeness (QED) is 0.569. The number of ether oxygens (including phenoxy) is 1. The van der Waals surface area contributed by atoms with Gasteiger partial charge in [0, 0.05) is 12.8 Å². The van der Waals surface area contributed by atoms with E-state index in [2.05, 4.69) is 0 Å². The van der Waals surface area contributed by atoms with Crippen molar-refractivity contribution in [1.82, 2.24) is 4.90 Å². The molecule has 0 amide bonds. The summed E-state index contributed by atoms with van der Waals surface area (Å²) in [6, 6.07) is 0. The fourth-order valence-electron chi connectivity index (χ4n) is 0.828. The molecule has 0 saturated carbocycles. The summed E-state index contributed by atoms with van der Waals surface area (Å²) in [5.74, 6) is -0.272. The van der Waals surface area contributed by atoms with Gasteiger partial charge < -0.3 is 4.74 Å². The van der Waals surface area contributed by atoms with Crippen molar-refractivity contribution in [3.63, 3.8) is 0 Å². The van der Waals surface area contributed by atoms with Crippen LogP contribution in [-0.2, 0) is 19.4 Å². The summed E-state index contributed by atoms with van der Waals surface area (Å²) in [5.41, 5.74) is 0. The Labute approximate surface area is 85.0 Å². The Morgan fingerprint density at radius 3 is 2.43 bits per heavy atom.